The van der Waals surface area contributed by atoms with E-state index in [2.05, 4.69) is 10.6 Å². The molecule has 174 valence electrons. The van der Waals surface area contributed by atoms with Crippen LogP contribution >= 0.6 is 11.3 Å². The average Bonchev–Trinajstić information content (AvgIpc) is 3.56. The van der Waals surface area contributed by atoms with Crippen LogP contribution in [0.25, 0.3) is 10.1 Å². The number of hydrogen-bond donors (Lipinski definition) is 2. The Morgan fingerprint density at radius 3 is 2.46 bits per heavy atom. The summed E-state index contributed by atoms with van der Waals surface area (Å²) in [5.74, 6) is 0.281. The van der Waals surface area contributed by atoms with Crippen molar-refractivity contribution in [1.82, 2.24) is 5.32 Å². The topological polar surface area (TPSA) is 80.6 Å². The first-order valence-electron chi connectivity index (χ1n) is 11.1. The van der Waals surface area contributed by atoms with Gasteiger partial charge < -0.3 is 19.8 Å². The molecule has 0 aliphatic heterocycles. The van der Waals surface area contributed by atoms with Crippen molar-refractivity contribution in [2.24, 2.45) is 0 Å². The van der Waals surface area contributed by atoms with Gasteiger partial charge in [-0.25, -0.2) is 0 Å². The van der Waals surface area contributed by atoms with Crippen LogP contribution in [0, 0.1) is 0 Å². The Bertz CT molecular complexity index is 1460. The molecule has 7 heteroatoms. The van der Waals surface area contributed by atoms with Crippen LogP contribution in [0.2, 0.25) is 0 Å². The minimum atomic E-state index is -0.332. The molecule has 0 aliphatic carbocycles. The van der Waals surface area contributed by atoms with Gasteiger partial charge in [0.15, 0.2) is 11.5 Å². The van der Waals surface area contributed by atoms with Gasteiger partial charge in [-0.15, -0.1) is 11.3 Å². The Kier molecular flexibility index (Phi) is 6.59. The summed E-state index contributed by atoms with van der Waals surface area (Å²) in [6, 6.07) is 28.3. The first-order valence-corrected chi connectivity index (χ1v) is 11.9. The van der Waals surface area contributed by atoms with Crippen LogP contribution in [0.4, 0.5) is 5.69 Å². The minimum absolute atomic E-state index is 0.209. The molecule has 2 aromatic heterocycles. The molecule has 5 aromatic rings. The first-order chi connectivity index (χ1) is 17.2. The van der Waals surface area contributed by atoms with E-state index in [9.17, 15) is 9.59 Å². The number of rotatable bonds is 8. The summed E-state index contributed by atoms with van der Waals surface area (Å²) < 4.78 is 12.3. The van der Waals surface area contributed by atoms with Gasteiger partial charge >= 0.3 is 0 Å². The fraction of sp³-hybridized carbons (Fsp3) is 0.0714. The Morgan fingerprint density at radius 1 is 0.829 bits per heavy atom. The fourth-order valence-electron chi connectivity index (χ4n) is 3.67. The Balaban J connectivity index is 1.30. The quantitative estimate of drug-likeness (QED) is 0.274. The summed E-state index contributed by atoms with van der Waals surface area (Å²) in [7, 11) is 0. The van der Waals surface area contributed by atoms with E-state index in [-0.39, 0.29) is 17.6 Å². The van der Waals surface area contributed by atoms with Crippen LogP contribution in [0.1, 0.15) is 31.4 Å². The summed E-state index contributed by atoms with van der Waals surface area (Å²) in [5.41, 5.74) is 2.50. The number of hydrogen-bond acceptors (Lipinski definition) is 5. The summed E-state index contributed by atoms with van der Waals surface area (Å²) in [6.07, 6.45) is 1.45. The highest BCUT2D eigenvalue weighted by molar-refractivity contribution is 7.21. The molecule has 0 fully saturated rings. The van der Waals surface area contributed by atoms with Crippen LogP contribution in [0.15, 0.2) is 102 Å². The fourth-order valence-corrected chi connectivity index (χ4v) is 4.73. The van der Waals surface area contributed by atoms with Crippen molar-refractivity contribution in [3.05, 3.63) is 119 Å². The van der Waals surface area contributed by atoms with Crippen LogP contribution in [-0.4, -0.2) is 11.8 Å². The molecule has 0 atom stereocenters. The van der Waals surface area contributed by atoms with Crippen molar-refractivity contribution in [2.45, 2.75) is 13.2 Å². The number of benzene rings is 3. The number of fused-ring (bicyclic) bond motifs is 1. The molecule has 2 amide bonds. The molecule has 6 nitrogen and oxygen atoms in total. The van der Waals surface area contributed by atoms with E-state index in [0.29, 0.717) is 29.5 Å². The van der Waals surface area contributed by atoms with Crippen molar-refractivity contribution >= 4 is 38.9 Å². The molecule has 0 aliphatic rings. The number of nitrogens with one attached hydrogen (secondary N) is 2. The smallest absolute Gasteiger partial charge is 0.291 e. The highest BCUT2D eigenvalue weighted by Crippen LogP contribution is 2.38. The van der Waals surface area contributed by atoms with E-state index in [1.807, 2.05) is 72.8 Å². The predicted octanol–water partition coefficient (Wildman–Crippen LogP) is 6.26. The standard InChI is InChI=1S/C28H22N2O4S/c31-27(23-13-7-15-33-23)30-21-11-6-10-20(16-21)17-29-28(32)26-25(22-12-4-5-14-24(22)35-26)34-18-19-8-2-1-3-9-19/h1-16H,17-18H2,(H,29,32)(H,30,31). The molecular weight excluding hydrogens is 460 g/mol. The molecule has 0 bridgehead atoms. The second kappa shape index (κ2) is 10.3. The third-order valence-corrected chi connectivity index (χ3v) is 6.52. The van der Waals surface area contributed by atoms with Gasteiger partial charge in [-0.2, -0.15) is 0 Å². The van der Waals surface area contributed by atoms with Gasteiger partial charge in [0.05, 0.1) is 6.26 Å². The van der Waals surface area contributed by atoms with E-state index in [1.54, 1.807) is 18.2 Å². The molecule has 0 radical (unpaired) electrons. The summed E-state index contributed by atoms with van der Waals surface area (Å²) in [4.78, 5) is 25.9. The number of furan rings is 1. The van der Waals surface area contributed by atoms with E-state index >= 15 is 0 Å². The van der Waals surface area contributed by atoms with Gasteiger partial charge in [-0.3, -0.25) is 9.59 Å². The predicted molar refractivity (Wildman–Crippen MR) is 137 cm³/mol. The van der Waals surface area contributed by atoms with Crippen LogP contribution in [0.3, 0.4) is 0 Å². The third-order valence-electron chi connectivity index (χ3n) is 5.37. The number of thiophene rings is 1. The van der Waals surface area contributed by atoms with Gasteiger partial charge in [0, 0.05) is 22.3 Å². The van der Waals surface area contributed by atoms with Crippen LogP contribution in [0.5, 0.6) is 5.75 Å². The molecule has 0 saturated heterocycles. The molecule has 0 spiro atoms. The Hall–Kier alpha value is -4.36. The van der Waals surface area contributed by atoms with Crippen molar-refractivity contribution in [3.63, 3.8) is 0 Å². The zero-order valence-electron chi connectivity index (χ0n) is 18.7. The zero-order chi connectivity index (χ0) is 24.0. The number of anilines is 1. The van der Waals surface area contributed by atoms with Gasteiger partial charge in [0.1, 0.15) is 11.5 Å². The molecule has 0 saturated carbocycles. The number of amides is 2. The maximum Gasteiger partial charge on any atom is 0.291 e. The molecule has 3 aromatic carbocycles. The average molecular weight is 483 g/mol. The summed E-state index contributed by atoms with van der Waals surface area (Å²) in [5, 5.41) is 6.70. The summed E-state index contributed by atoms with van der Waals surface area (Å²) >= 11 is 1.41. The third kappa shape index (κ3) is 5.26. The normalized spacial score (nSPS) is 10.7. The zero-order valence-corrected chi connectivity index (χ0v) is 19.5. The first kappa shape index (κ1) is 22.4. The van der Waals surface area contributed by atoms with Crippen molar-refractivity contribution in [1.29, 1.82) is 0 Å². The number of carbonyl (C=O) groups is 2. The monoisotopic (exact) mass is 482 g/mol. The van der Waals surface area contributed by atoms with Crippen molar-refractivity contribution in [2.75, 3.05) is 5.32 Å². The Labute approximate surface area is 206 Å². The van der Waals surface area contributed by atoms with E-state index in [1.165, 1.54) is 17.6 Å². The second-order valence-corrected chi connectivity index (χ2v) is 8.90. The Morgan fingerprint density at radius 2 is 1.63 bits per heavy atom. The van der Waals surface area contributed by atoms with E-state index < -0.39 is 0 Å². The lowest BCUT2D eigenvalue weighted by Gasteiger charge is -2.10. The van der Waals surface area contributed by atoms with Gasteiger partial charge in [0.2, 0.25) is 0 Å². The molecule has 35 heavy (non-hydrogen) atoms. The van der Waals surface area contributed by atoms with E-state index in [0.717, 1.165) is 21.2 Å². The molecule has 2 heterocycles. The molecular formula is C28H22N2O4S. The van der Waals surface area contributed by atoms with Crippen LogP contribution < -0.4 is 15.4 Å². The molecule has 5 rings (SSSR count). The highest BCUT2D eigenvalue weighted by Gasteiger charge is 2.20. The van der Waals surface area contributed by atoms with Crippen molar-refractivity contribution < 1.29 is 18.7 Å². The largest absolute Gasteiger partial charge is 0.487 e. The summed E-state index contributed by atoms with van der Waals surface area (Å²) in [6.45, 7) is 0.676. The number of ether oxygens (including phenoxy) is 1. The molecule has 2 N–H and O–H groups in total. The van der Waals surface area contributed by atoms with Crippen molar-refractivity contribution in [3.8, 4) is 5.75 Å². The lowest BCUT2D eigenvalue weighted by atomic mass is 10.2. The van der Waals surface area contributed by atoms with Gasteiger partial charge in [-0.1, -0.05) is 54.6 Å². The lowest BCUT2D eigenvalue weighted by Crippen LogP contribution is -2.22. The maximum atomic E-state index is 13.2. The van der Waals surface area contributed by atoms with Gasteiger partial charge in [-0.05, 0) is 47.5 Å². The molecule has 0 unspecified atom stereocenters. The second-order valence-electron chi connectivity index (χ2n) is 7.85. The number of carbonyl (C=O) groups excluding carboxylic acids is 2. The lowest BCUT2D eigenvalue weighted by molar-refractivity contribution is 0.0949. The highest BCUT2D eigenvalue weighted by atomic mass is 32.1. The van der Waals surface area contributed by atoms with Gasteiger partial charge in [0.25, 0.3) is 11.8 Å². The SMILES string of the molecule is O=C(Nc1cccc(CNC(=O)c2sc3ccccc3c2OCc2ccccc2)c1)c1ccco1. The van der Waals surface area contributed by atoms with Crippen LogP contribution in [-0.2, 0) is 13.2 Å². The van der Waals surface area contributed by atoms with E-state index in [4.69, 9.17) is 9.15 Å². The minimum Gasteiger partial charge on any atom is -0.487 e. The maximum absolute atomic E-state index is 13.2.